The van der Waals surface area contributed by atoms with Crippen molar-refractivity contribution in [1.82, 2.24) is 20.1 Å². The molecule has 2 rings (SSSR count). The summed E-state index contributed by atoms with van der Waals surface area (Å²) in [6.07, 6.45) is 3.79. The summed E-state index contributed by atoms with van der Waals surface area (Å²) in [5.41, 5.74) is 0. The Hall–Kier alpha value is -2.18. The van der Waals surface area contributed by atoms with E-state index in [0.29, 0.717) is 24.7 Å². The second-order valence-electron chi connectivity index (χ2n) is 3.61. The molecule has 0 saturated carbocycles. The molecular weight excluding hydrogens is 236 g/mol. The number of esters is 1. The number of nitrogens with zero attached hydrogens (tertiary/aromatic N) is 3. The summed E-state index contributed by atoms with van der Waals surface area (Å²) >= 11 is 0. The largest absolute Gasteiger partial charge is 0.465 e. The van der Waals surface area contributed by atoms with Crippen LogP contribution in [0.1, 0.15) is 32.1 Å². The highest BCUT2D eigenvalue weighted by Gasteiger charge is 2.26. The van der Waals surface area contributed by atoms with Crippen LogP contribution in [0.5, 0.6) is 0 Å². The molecule has 0 aromatic carbocycles. The van der Waals surface area contributed by atoms with Crippen LogP contribution in [0.2, 0.25) is 0 Å². The van der Waals surface area contributed by atoms with Crippen molar-refractivity contribution in [1.29, 1.82) is 0 Å². The standard InChI is InChI=1S/C11H14N4O3/c1-3-7(11(16)17-4-2)10-14-9(15-18-10)8-12-5-6-13-8/h5-7H,3-4H2,1-2H3,(H,12,13). The SMILES string of the molecule is CCOC(=O)C(CC)c1nc(-c2ncc[nH]2)no1. The van der Waals surface area contributed by atoms with Gasteiger partial charge in [-0.05, 0) is 13.3 Å². The van der Waals surface area contributed by atoms with Gasteiger partial charge in [-0.2, -0.15) is 4.98 Å². The van der Waals surface area contributed by atoms with Crippen LogP contribution in [0.3, 0.4) is 0 Å². The van der Waals surface area contributed by atoms with Gasteiger partial charge < -0.3 is 14.2 Å². The average Bonchev–Trinajstić information content (AvgIpc) is 3.00. The molecule has 1 atom stereocenters. The summed E-state index contributed by atoms with van der Waals surface area (Å²) < 4.78 is 10.0. The molecule has 2 aromatic rings. The van der Waals surface area contributed by atoms with Crippen molar-refractivity contribution in [2.24, 2.45) is 0 Å². The molecule has 0 bridgehead atoms. The number of carbonyl (C=O) groups is 1. The van der Waals surface area contributed by atoms with Crippen LogP contribution in [0.25, 0.3) is 11.6 Å². The van der Waals surface area contributed by atoms with Gasteiger partial charge in [0.15, 0.2) is 5.82 Å². The summed E-state index contributed by atoms with van der Waals surface area (Å²) in [5, 5.41) is 3.78. The number of aromatic nitrogens is 4. The van der Waals surface area contributed by atoms with Crippen molar-refractivity contribution >= 4 is 5.97 Å². The van der Waals surface area contributed by atoms with Crippen molar-refractivity contribution in [3.63, 3.8) is 0 Å². The van der Waals surface area contributed by atoms with Gasteiger partial charge in [0.25, 0.3) is 0 Å². The summed E-state index contributed by atoms with van der Waals surface area (Å²) in [6, 6.07) is 0. The number of ether oxygens (including phenoxy) is 1. The number of H-pyrrole nitrogens is 1. The Morgan fingerprint density at radius 3 is 3.00 bits per heavy atom. The van der Waals surface area contributed by atoms with Crippen molar-refractivity contribution < 1.29 is 14.1 Å². The van der Waals surface area contributed by atoms with Gasteiger partial charge in [-0.1, -0.05) is 12.1 Å². The second-order valence-corrected chi connectivity index (χ2v) is 3.61. The van der Waals surface area contributed by atoms with Gasteiger partial charge in [-0.25, -0.2) is 4.98 Å². The molecule has 7 heteroatoms. The van der Waals surface area contributed by atoms with Crippen LogP contribution < -0.4 is 0 Å². The van der Waals surface area contributed by atoms with Gasteiger partial charge in [0.2, 0.25) is 11.7 Å². The van der Waals surface area contributed by atoms with E-state index < -0.39 is 5.92 Å². The zero-order chi connectivity index (χ0) is 13.0. The van der Waals surface area contributed by atoms with Gasteiger partial charge in [-0.15, -0.1) is 0 Å². The molecule has 0 aliphatic carbocycles. The molecule has 1 N–H and O–H groups in total. The van der Waals surface area contributed by atoms with E-state index in [1.807, 2.05) is 6.92 Å². The Morgan fingerprint density at radius 2 is 2.39 bits per heavy atom. The van der Waals surface area contributed by atoms with Crippen molar-refractivity contribution in [2.45, 2.75) is 26.2 Å². The van der Waals surface area contributed by atoms with Gasteiger partial charge in [0.05, 0.1) is 6.61 Å². The maximum Gasteiger partial charge on any atom is 0.318 e. The molecule has 2 aromatic heterocycles. The number of hydrogen-bond acceptors (Lipinski definition) is 6. The Kier molecular flexibility index (Phi) is 3.71. The minimum atomic E-state index is -0.527. The number of carbonyl (C=O) groups excluding carboxylic acids is 1. The number of hydrogen-bond donors (Lipinski definition) is 1. The molecule has 0 saturated heterocycles. The van der Waals surface area contributed by atoms with E-state index >= 15 is 0 Å². The Balaban J connectivity index is 2.20. The van der Waals surface area contributed by atoms with Crippen LogP contribution in [0.15, 0.2) is 16.9 Å². The molecule has 0 aliphatic rings. The molecule has 1 unspecified atom stereocenters. The van der Waals surface area contributed by atoms with Gasteiger partial charge in [-0.3, -0.25) is 4.79 Å². The number of rotatable bonds is 5. The molecule has 96 valence electrons. The first-order valence-corrected chi connectivity index (χ1v) is 5.76. The van der Waals surface area contributed by atoms with E-state index in [1.54, 1.807) is 19.3 Å². The summed E-state index contributed by atoms with van der Waals surface area (Å²) in [5.74, 6) is 0.208. The lowest BCUT2D eigenvalue weighted by molar-refractivity contribution is -0.145. The van der Waals surface area contributed by atoms with Crippen LogP contribution >= 0.6 is 0 Å². The van der Waals surface area contributed by atoms with Crippen LogP contribution in [-0.4, -0.2) is 32.7 Å². The smallest absolute Gasteiger partial charge is 0.318 e. The minimum Gasteiger partial charge on any atom is -0.465 e. The van der Waals surface area contributed by atoms with E-state index in [2.05, 4.69) is 20.1 Å². The summed E-state index contributed by atoms with van der Waals surface area (Å²) in [7, 11) is 0. The molecular formula is C11H14N4O3. The van der Waals surface area contributed by atoms with Crippen LogP contribution in [-0.2, 0) is 9.53 Å². The first-order valence-electron chi connectivity index (χ1n) is 5.76. The van der Waals surface area contributed by atoms with E-state index in [4.69, 9.17) is 9.26 Å². The molecule has 7 nitrogen and oxygen atoms in total. The normalized spacial score (nSPS) is 12.3. The highest BCUT2D eigenvalue weighted by atomic mass is 16.5. The maximum absolute atomic E-state index is 11.7. The number of imidazole rings is 1. The monoisotopic (exact) mass is 250 g/mol. The number of nitrogens with one attached hydrogen (secondary N) is 1. The van der Waals surface area contributed by atoms with E-state index in [-0.39, 0.29) is 11.9 Å². The minimum absolute atomic E-state index is 0.252. The van der Waals surface area contributed by atoms with E-state index in [0.717, 1.165) is 0 Å². The summed E-state index contributed by atoms with van der Waals surface area (Å²) in [4.78, 5) is 22.7. The third kappa shape index (κ3) is 2.39. The Morgan fingerprint density at radius 1 is 1.56 bits per heavy atom. The summed E-state index contributed by atoms with van der Waals surface area (Å²) in [6.45, 7) is 3.94. The fourth-order valence-corrected chi connectivity index (χ4v) is 1.55. The number of aromatic amines is 1. The lowest BCUT2D eigenvalue weighted by Gasteiger charge is -2.08. The average molecular weight is 250 g/mol. The zero-order valence-electron chi connectivity index (χ0n) is 10.2. The highest BCUT2D eigenvalue weighted by Crippen LogP contribution is 2.21. The van der Waals surface area contributed by atoms with Crippen molar-refractivity contribution in [2.75, 3.05) is 6.61 Å². The molecule has 0 spiro atoms. The molecule has 0 radical (unpaired) electrons. The van der Waals surface area contributed by atoms with Crippen LogP contribution in [0, 0.1) is 0 Å². The molecule has 0 amide bonds. The van der Waals surface area contributed by atoms with E-state index in [9.17, 15) is 4.79 Å². The third-order valence-electron chi connectivity index (χ3n) is 2.43. The lowest BCUT2D eigenvalue weighted by Crippen LogP contribution is -2.15. The lowest BCUT2D eigenvalue weighted by atomic mass is 10.1. The first kappa shape index (κ1) is 12.3. The van der Waals surface area contributed by atoms with Gasteiger partial charge in [0, 0.05) is 12.4 Å². The van der Waals surface area contributed by atoms with Crippen molar-refractivity contribution in [3.8, 4) is 11.6 Å². The zero-order valence-corrected chi connectivity index (χ0v) is 10.2. The maximum atomic E-state index is 11.7. The third-order valence-corrected chi connectivity index (χ3v) is 2.43. The highest BCUT2D eigenvalue weighted by molar-refractivity contribution is 5.76. The van der Waals surface area contributed by atoms with Crippen LogP contribution in [0.4, 0.5) is 0 Å². The predicted molar refractivity (Wildman–Crippen MR) is 61.5 cm³/mol. The fraction of sp³-hybridized carbons (Fsp3) is 0.455. The molecule has 2 heterocycles. The quantitative estimate of drug-likeness (QED) is 0.808. The fourth-order valence-electron chi connectivity index (χ4n) is 1.55. The molecule has 0 fully saturated rings. The Bertz CT molecular complexity index is 506. The predicted octanol–water partition coefficient (Wildman–Crippen LogP) is 1.52. The molecule has 0 aliphatic heterocycles. The topological polar surface area (TPSA) is 93.9 Å². The van der Waals surface area contributed by atoms with Gasteiger partial charge >= 0.3 is 5.97 Å². The Labute approximate surface area is 104 Å². The van der Waals surface area contributed by atoms with Gasteiger partial charge in [0.1, 0.15) is 5.92 Å². The van der Waals surface area contributed by atoms with Crippen molar-refractivity contribution in [3.05, 3.63) is 18.3 Å². The molecule has 18 heavy (non-hydrogen) atoms. The van der Waals surface area contributed by atoms with E-state index in [1.165, 1.54) is 0 Å². The first-order chi connectivity index (χ1) is 8.76. The second kappa shape index (κ2) is 5.44.